The van der Waals surface area contributed by atoms with Crippen LogP contribution in [0.25, 0.3) is 0 Å². The van der Waals surface area contributed by atoms with Crippen LogP contribution in [0.4, 0.5) is 5.95 Å². The van der Waals surface area contributed by atoms with E-state index in [1.807, 2.05) is 13.0 Å². The van der Waals surface area contributed by atoms with Gasteiger partial charge in [0.15, 0.2) is 0 Å². The zero-order valence-electron chi connectivity index (χ0n) is 11.3. The van der Waals surface area contributed by atoms with E-state index in [1.165, 1.54) is 11.0 Å². The van der Waals surface area contributed by atoms with Gasteiger partial charge < -0.3 is 0 Å². The number of amidine groups is 1. The maximum absolute atomic E-state index is 12.0. The number of nitrogens with zero attached hydrogens (tertiary/aromatic N) is 5. The van der Waals surface area contributed by atoms with Crippen LogP contribution < -0.4 is 10.9 Å². The van der Waals surface area contributed by atoms with E-state index in [9.17, 15) is 4.79 Å². The first kappa shape index (κ1) is 13.0. The van der Waals surface area contributed by atoms with Crippen molar-refractivity contribution in [2.75, 3.05) is 0 Å². The number of hydrogen-bond donors (Lipinski definition) is 2. The Hall–Kier alpha value is -3.03. The second kappa shape index (κ2) is 5.53. The van der Waals surface area contributed by atoms with E-state index in [2.05, 4.69) is 31.1 Å². The average molecular weight is 283 g/mol. The van der Waals surface area contributed by atoms with Crippen LogP contribution in [0.2, 0.25) is 0 Å². The van der Waals surface area contributed by atoms with Gasteiger partial charge in [0, 0.05) is 17.7 Å². The van der Waals surface area contributed by atoms with Crippen LogP contribution in [0.5, 0.6) is 0 Å². The predicted molar refractivity (Wildman–Crippen MR) is 77.3 cm³/mol. The van der Waals surface area contributed by atoms with Gasteiger partial charge in [-0.25, -0.2) is 0 Å². The number of aliphatic imine (C=N–C) groups is 1. The topological polar surface area (TPSA) is 96.6 Å². The third kappa shape index (κ3) is 2.94. The summed E-state index contributed by atoms with van der Waals surface area (Å²) in [7, 11) is 0. The lowest BCUT2D eigenvalue weighted by atomic mass is 10.2. The molecule has 0 bridgehead atoms. The van der Waals surface area contributed by atoms with E-state index in [4.69, 9.17) is 0 Å². The first-order valence-electron chi connectivity index (χ1n) is 6.36. The van der Waals surface area contributed by atoms with Crippen LogP contribution in [-0.4, -0.2) is 32.3 Å². The van der Waals surface area contributed by atoms with Crippen molar-refractivity contribution < 1.29 is 4.79 Å². The van der Waals surface area contributed by atoms with Crippen molar-refractivity contribution in [3.8, 4) is 0 Å². The molecule has 2 N–H and O–H groups in total. The number of rotatable bonds is 1. The van der Waals surface area contributed by atoms with Gasteiger partial charge in [0.25, 0.3) is 11.9 Å². The lowest BCUT2D eigenvalue weighted by Gasteiger charge is -2.09. The molecule has 1 aromatic heterocycles. The number of amides is 1. The van der Waals surface area contributed by atoms with E-state index in [1.54, 1.807) is 24.3 Å². The molecule has 2 heterocycles. The second-order valence-electron chi connectivity index (χ2n) is 4.49. The van der Waals surface area contributed by atoms with Crippen molar-refractivity contribution in [2.45, 2.75) is 13.3 Å². The molecule has 1 aromatic carbocycles. The van der Waals surface area contributed by atoms with Crippen molar-refractivity contribution in [2.24, 2.45) is 10.1 Å². The fourth-order valence-corrected chi connectivity index (χ4v) is 1.85. The van der Waals surface area contributed by atoms with E-state index in [0.29, 0.717) is 23.8 Å². The molecule has 106 valence electrons. The molecule has 2 aromatic rings. The molecular weight excluding hydrogens is 270 g/mol. The number of carbonyl (C=O) groups is 1. The Labute approximate surface area is 120 Å². The molecule has 1 amide bonds. The Balaban J connectivity index is 1.71. The molecule has 0 aliphatic carbocycles. The molecule has 8 nitrogen and oxygen atoms in total. The summed E-state index contributed by atoms with van der Waals surface area (Å²) in [6.07, 6.45) is 1.96. The quantitative estimate of drug-likeness (QED) is 0.759. The fourth-order valence-electron chi connectivity index (χ4n) is 1.85. The van der Waals surface area contributed by atoms with Crippen LogP contribution in [0, 0.1) is 0 Å². The van der Waals surface area contributed by atoms with Crippen LogP contribution in [0.3, 0.4) is 0 Å². The van der Waals surface area contributed by atoms with Gasteiger partial charge in [0.05, 0.1) is 0 Å². The molecule has 8 heteroatoms. The largest absolute Gasteiger partial charge is 0.285 e. The van der Waals surface area contributed by atoms with E-state index in [0.717, 1.165) is 5.71 Å². The summed E-state index contributed by atoms with van der Waals surface area (Å²) in [6.45, 7) is 1.87. The zero-order valence-corrected chi connectivity index (χ0v) is 11.3. The van der Waals surface area contributed by atoms with Crippen molar-refractivity contribution in [1.82, 2.24) is 25.7 Å². The van der Waals surface area contributed by atoms with Crippen molar-refractivity contribution in [3.63, 3.8) is 0 Å². The highest BCUT2D eigenvalue weighted by atomic mass is 16.2. The molecular formula is C13H13N7O. The van der Waals surface area contributed by atoms with Crippen LogP contribution >= 0.6 is 0 Å². The smallest absolute Gasteiger partial charge is 0.273 e. The lowest BCUT2D eigenvalue weighted by molar-refractivity contribution is 0.0943. The highest BCUT2D eigenvalue weighted by Gasteiger charge is 2.13. The summed E-state index contributed by atoms with van der Waals surface area (Å²) in [5.41, 5.74) is 6.81. The maximum Gasteiger partial charge on any atom is 0.273 e. The molecule has 0 radical (unpaired) electrons. The summed E-state index contributed by atoms with van der Waals surface area (Å²) >= 11 is 0. The van der Waals surface area contributed by atoms with Gasteiger partial charge in [-0.3, -0.25) is 15.6 Å². The van der Waals surface area contributed by atoms with Crippen LogP contribution in [0.1, 0.15) is 23.7 Å². The normalized spacial score (nSPS) is 13.6. The van der Waals surface area contributed by atoms with Crippen molar-refractivity contribution in [1.29, 1.82) is 0 Å². The Morgan fingerprint density at radius 1 is 1.29 bits per heavy atom. The van der Waals surface area contributed by atoms with Gasteiger partial charge in [-0.05, 0) is 19.1 Å². The molecule has 0 spiro atoms. The molecule has 0 atom stereocenters. The Bertz CT molecular complexity index is 717. The first-order valence-corrected chi connectivity index (χ1v) is 6.36. The molecule has 0 saturated heterocycles. The summed E-state index contributed by atoms with van der Waals surface area (Å²) in [4.78, 5) is 16.2. The maximum atomic E-state index is 12.0. The summed E-state index contributed by atoms with van der Waals surface area (Å²) in [5, 5.41) is 11.9. The van der Waals surface area contributed by atoms with Gasteiger partial charge >= 0.3 is 0 Å². The third-order valence-electron chi connectivity index (χ3n) is 2.81. The van der Waals surface area contributed by atoms with Gasteiger partial charge in [-0.2, -0.15) is 14.8 Å². The number of carbonyl (C=O) groups excluding carboxylic acids is 1. The average Bonchev–Trinajstić information content (AvgIpc) is 2.86. The van der Waals surface area contributed by atoms with Gasteiger partial charge in [0.2, 0.25) is 0 Å². The number of fused-ring (bicyclic) bond motifs is 1. The first-order chi connectivity index (χ1) is 10.2. The van der Waals surface area contributed by atoms with Gasteiger partial charge in [0.1, 0.15) is 12.2 Å². The number of hydrazine groups is 1. The Morgan fingerprint density at radius 3 is 2.90 bits per heavy atom. The fraction of sp³-hybridized carbons (Fsp3) is 0.154. The summed E-state index contributed by atoms with van der Waals surface area (Å²) < 4.78 is 1.49. The molecule has 0 fully saturated rings. The highest BCUT2D eigenvalue weighted by molar-refractivity contribution is 6.04. The lowest BCUT2D eigenvalue weighted by Crippen LogP contribution is -2.42. The second-order valence-corrected chi connectivity index (χ2v) is 4.49. The van der Waals surface area contributed by atoms with Crippen LogP contribution in [0.15, 0.2) is 46.8 Å². The molecule has 1 aliphatic rings. The van der Waals surface area contributed by atoms with E-state index < -0.39 is 0 Å². The summed E-state index contributed by atoms with van der Waals surface area (Å²) in [5.74, 6) is 0.675. The predicted octanol–water partition coefficient (Wildman–Crippen LogP) is 0.870. The minimum atomic E-state index is -0.237. The Morgan fingerprint density at radius 2 is 2.10 bits per heavy atom. The van der Waals surface area contributed by atoms with E-state index >= 15 is 0 Å². The van der Waals surface area contributed by atoms with E-state index in [-0.39, 0.29) is 5.91 Å². The molecule has 0 unspecified atom stereocenters. The monoisotopic (exact) mass is 283 g/mol. The van der Waals surface area contributed by atoms with Crippen LogP contribution in [-0.2, 0) is 0 Å². The minimum absolute atomic E-state index is 0.237. The third-order valence-corrected chi connectivity index (χ3v) is 2.81. The molecule has 1 aliphatic heterocycles. The van der Waals surface area contributed by atoms with Crippen molar-refractivity contribution >= 4 is 23.4 Å². The number of aromatic nitrogens is 3. The zero-order chi connectivity index (χ0) is 14.7. The van der Waals surface area contributed by atoms with Gasteiger partial charge in [-0.15, -0.1) is 10.2 Å². The number of hydrogen-bond acceptors (Lipinski definition) is 6. The standard InChI is InChI=1S/C13H13N7O/c1-9-7-11(15-13-18-14-8-20(13)19-9)16-17-12(21)10-5-3-2-4-6-10/h2-6,8H,7H2,1H3,(H,17,21)(H,15,16,18). The molecule has 0 saturated carbocycles. The highest BCUT2D eigenvalue weighted by Crippen LogP contribution is 2.11. The molecule has 3 rings (SSSR count). The molecule has 21 heavy (non-hydrogen) atoms. The van der Waals surface area contributed by atoms with Crippen molar-refractivity contribution in [3.05, 3.63) is 42.2 Å². The number of nitrogens with one attached hydrogen (secondary N) is 2. The van der Waals surface area contributed by atoms with Gasteiger partial charge in [-0.1, -0.05) is 18.2 Å². The SMILES string of the molecule is CC1=Nn2cnnc2N=C(NNC(=O)c2ccccc2)C1. The number of benzene rings is 1. The Kier molecular flexibility index (Phi) is 3.42. The minimum Gasteiger partial charge on any atom is -0.285 e. The summed E-state index contributed by atoms with van der Waals surface area (Å²) in [6, 6.07) is 8.92.